The second-order valence-electron chi connectivity index (χ2n) is 7.09. The Hall–Kier alpha value is -1.91. The van der Waals surface area contributed by atoms with Crippen LogP contribution in [0.2, 0.25) is 0 Å². The zero-order valence-corrected chi connectivity index (χ0v) is 16.9. The number of nitro benzene ring substituents is 1. The van der Waals surface area contributed by atoms with Gasteiger partial charge in [0.2, 0.25) is 10.0 Å². The van der Waals surface area contributed by atoms with Crippen molar-refractivity contribution >= 4 is 27.0 Å². The summed E-state index contributed by atoms with van der Waals surface area (Å²) in [5.41, 5.74) is -0.230. The molecule has 1 fully saturated rings. The largest absolute Gasteiger partial charge is 0.270 e. The van der Waals surface area contributed by atoms with E-state index in [9.17, 15) is 18.5 Å². The number of sulfonamides is 1. The van der Waals surface area contributed by atoms with E-state index in [0.717, 1.165) is 35.3 Å². The average molecular weight is 411 g/mol. The standard InChI is InChI=1S/C17H22N4O4S2/c1-12(2)9-16-18-19-17(26-16)13-5-4-8-20(11-13)27(24,25)15-7-3-6-14(10-15)21(22)23/h3,6-7,10,12-13H,4-5,8-9,11H2,1-2H3. The van der Waals surface area contributed by atoms with Gasteiger partial charge in [-0.3, -0.25) is 10.1 Å². The van der Waals surface area contributed by atoms with Gasteiger partial charge in [0.25, 0.3) is 5.69 Å². The minimum absolute atomic E-state index is 0.00522. The van der Waals surface area contributed by atoms with Crippen molar-refractivity contribution in [1.82, 2.24) is 14.5 Å². The third-order valence-electron chi connectivity index (χ3n) is 4.46. The van der Waals surface area contributed by atoms with Gasteiger partial charge in [-0.2, -0.15) is 4.31 Å². The van der Waals surface area contributed by atoms with E-state index in [1.165, 1.54) is 22.5 Å². The van der Waals surface area contributed by atoms with E-state index >= 15 is 0 Å². The average Bonchev–Trinajstić information content (AvgIpc) is 3.09. The molecule has 0 bridgehead atoms. The Balaban J connectivity index is 1.80. The van der Waals surface area contributed by atoms with Gasteiger partial charge in [-0.25, -0.2) is 8.42 Å². The molecule has 0 aliphatic carbocycles. The molecule has 1 aromatic heterocycles. The predicted octanol–water partition coefficient (Wildman–Crippen LogP) is 3.21. The number of nitro groups is 1. The van der Waals surface area contributed by atoms with Gasteiger partial charge >= 0.3 is 0 Å². The number of hydrogen-bond donors (Lipinski definition) is 0. The van der Waals surface area contributed by atoms with Crippen LogP contribution in [0.25, 0.3) is 0 Å². The summed E-state index contributed by atoms with van der Waals surface area (Å²) in [4.78, 5) is 10.3. The second-order valence-corrected chi connectivity index (χ2v) is 10.1. The second kappa shape index (κ2) is 7.99. The van der Waals surface area contributed by atoms with Crippen LogP contribution in [-0.4, -0.2) is 40.9 Å². The summed E-state index contributed by atoms with van der Waals surface area (Å²) in [6.07, 6.45) is 2.44. The topological polar surface area (TPSA) is 106 Å². The molecule has 0 spiro atoms. The minimum atomic E-state index is -3.79. The van der Waals surface area contributed by atoms with Gasteiger partial charge in [0.05, 0.1) is 9.82 Å². The molecule has 0 N–H and O–H groups in total. The highest BCUT2D eigenvalue weighted by Gasteiger charge is 2.33. The summed E-state index contributed by atoms with van der Waals surface area (Å²) in [6, 6.07) is 5.20. The van der Waals surface area contributed by atoms with Crippen LogP contribution in [0.1, 0.15) is 42.6 Å². The van der Waals surface area contributed by atoms with Crippen LogP contribution in [0.4, 0.5) is 5.69 Å². The van der Waals surface area contributed by atoms with E-state index in [1.54, 1.807) is 11.3 Å². The van der Waals surface area contributed by atoms with Crippen LogP contribution in [0.5, 0.6) is 0 Å². The molecule has 1 aliphatic rings. The normalized spacial score (nSPS) is 18.7. The predicted molar refractivity (Wildman–Crippen MR) is 102 cm³/mol. The Morgan fingerprint density at radius 2 is 2.15 bits per heavy atom. The third-order valence-corrected chi connectivity index (χ3v) is 7.43. The number of nitrogens with zero attached hydrogens (tertiary/aromatic N) is 4. The monoisotopic (exact) mass is 410 g/mol. The van der Waals surface area contributed by atoms with Gasteiger partial charge < -0.3 is 0 Å². The SMILES string of the molecule is CC(C)Cc1nnc(C2CCCN(S(=O)(=O)c3cccc([N+](=O)[O-])c3)C2)s1. The smallest absolute Gasteiger partial charge is 0.258 e. The fraction of sp³-hybridized carbons (Fsp3) is 0.529. The highest BCUT2D eigenvalue weighted by Crippen LogP contribution is 2.32. The first-order valence-corrected chi connectivity index (χ1v) is 11.1. The van der Waals surface area contributed by atoms with Crippen molar-refractivity contribution in [3.05, 3.63) is 44.4 Å². The molecule has 8 nitrogen and oxygen atoms in total. The van der Waals surface area contributed by atoms with Crippen LogP contribution >= 0.6 is 11.3 Å². The zero-order chi connectivity index (χ0) is 19.6. The Labute approximate surface area is 162 Å². The zero-order valence-electron chi connectivity index (χ0n) is 15.2. The Kier molecular flexibility index (Phi) is 5.87. The molecule has 2 heterocycles. The summed E-state index contributed by atoms with van der Waals surface area (Å²) < 4.78 is 27.3. The maximum atomic E-state index is 13.0. The molecule has 10 heteroatoms. The number of non-ortho nitro benzene ring substituents is 1. The molecule has 0 amide bonds. The Morgan fingerprint density at radius 3 is 2.85 bits per heavy atom. The van der Waals surface area contributed by atoms with E-state index in [2.05, 4.69) is 24.0 Å². The summed E-state index contributed by atoms with van der Waals surface area (Å²) in [5, 5.41) is 21.3. The van der Waals surface area contributed by atoms with Crippen molar-refractivity contribution in [2.75, 3.05) is 13.1 Å². The molecule has 1 unspecified atom stereocenters. The van der Waals surface area contributed by atoms with Crippen LogP contribution in [0.3, 0.4) is 0 Å². The van der Waals surface area contributed by atoms with Crippen LogP contribution in [0.15, 0.2) is 29.2 Å². The lowest BCUT2D eigenvalue weighted by Gasteiger charge is -2.30. The summed E-state index contributed by atoms with van der Waals surface area (Å²) in [5.74, 6) is 0.494. The molecule has 1 aliphatic heterocycles. The van der Waals surface area contributed by atoms with E-state index in [0.29, 0.717) is 19.0 Å². The molecular formula is C17H22N4O4S2. The van der Waals surface area contributed by atoms with Crippen molar-refractivity contribution < 1.29 is 13.3 Å². The minimum Gasteiger partial charge on any atom is -0.258 e. The van der Waals surface area contributed by atoms with Gasteiger partial charge in [0.15, 0.2) is 0 Å². The van der Waals surface area contributed by atoms with Gasteiger partial charge in [-0.1, -0.05) is 19.9 Å². The first-order chi connectivity index (χ1) is 12.8. The highest BCUT2D eigenvalue weighted by molar-refractivity contribution is 7.89. The lowest BCUT2D eigenvalue weighted by Crippen LogP contribution is -2.39. The third kappa shape index (κ3) is 4.50. The van der Waals surface area contributed by atoms with E-state index < -0.39 is 14.9 Å². The first kappa shape index (κ1) is 19.8. The van der Waals surface area contributed by atoms with E-state index in [1.807, 2.05) is 0 Å². The quantitative estimate of drug-likeness (QED) is 0.535. The van der Waals surface area contributed by atoms with Gasteiger partial charge in [-0.05, 0) is 24.8 Å². The molecule has 146 valence electrons. The molecule has 3 rings (SSSR count). The van der Waals surface area contributed by atoms with Crippen molar-refractivity contribution in [2.24, 2.45) is 5.92 Å². The van der Waals surface area contributed by atoms with E-state index in [-0.39, 0.29) is 16.5 Å². The van der Waals surface area contributed by atoms with Gasteiger partial charge in [0.1, 0.15) is 10.0 Å². The van der Waals surface area contributed by atoms with Crippen molar-refractivity contribution in [1.29, 1.82) is 0 Å². The van der Waals surface area contributed by atoms with Crippen LogP contribution < -0.4 is 0 Å². The fourth-order valence-electron chi connectivity index (χ4n) is 3.13. The molecular weight excluding hydrogens is 388 g/mol. The lowest BCUT2D eigenvalue weighted by molar-refractivity contribution is -0.385. The van der Waals surface area contributed by atoms with Crippen molar-refractivity contribution in [3.63, 3.8) is 0 Å². The molecule has 1 aromatic carbocycles. The van der Waals surface area contributed by atoms with Gasteiger partial charge in [-0.15, -0.1) is 21.5 Å². The Bertz CT molecular complexity index is 927. The van der Waals surface area contributed by atoms with Crippen molar-refractivity contribution in [2.45, 2.75) is 43.9 Å². The molecule has 1 atom stereocenters. The highest BCUT2D eigenvalue weighted by atomic mass is 32.2. The Morgan fingerprint density at radius 1 is 1.37 bits per heavy atom. The summed E-state index contributed by atoms with van der Waals surface area (Å²) in [7, 11) is -3.79. The van der Waals surface area contributed by atoms with E-state index in [4.69, 9.17) is 0 Å². The molecule has 2 aromatic rings. The van der Waals surface area contributed by atoms with Crippen LogP contribution in [-0.2, 0) is 16.4 Å². The lowest BCUT2D eigenvalue weighted by atomic mass is 10.0. The number of hydrogen-bond acceptors (Lipinski definition) is 7. The summed E-state index contributed by atoms with van der Waals surface area (Å²) >= 11 is 1.55. The van der Waals surface area contributed by atoms with Gasteiger partial charge in [0, 0.05) is 37.6 Å². The molecule has 0 saturated carbocycles. The van der Waals surface area contributed by atoms with Crippen molar-refractivity contribution in [3.8, 4) is 0 Å². The molecule has 1 saturated heterocycles. The number of benzene rings is 1. The fourth-order valence-corrected chi connectivity index (χ4v) is 5.88. The maximum Gasteiger partial charge on any atom is 0.270 e. The maximum absolute atomic E-state index is 13.0. The molecule has 27 heavy (non-hydrogen) atoms. The first-order valence-electron chi connectivity index (χ1n) is 8.84. The summed E-state index contributed by atoms with van der Waals surface area (Å²) in [6.45, 7) is 4.96. The number of aromatic nitrogens is 2. The molecule has 0 radical (unpaired) electrons. The number of piperidine rings is 1. The van der Waals surface area contributed by atoms with Crippen LogP contribution in [0, 0.1) is 16.0 Å². The number of rotatable bonds is 6.